The van der Waals surface area contributed by atoms with Gasteiger partial charge in [-0.2, -0.15) is 5.26 Å². The molecule has 3 N–H and O–H groups in total. The molecule has 0 spiro atoms. The second-order valence-electron chi connectivity index (χ2n) is 5.74. The van der Waals surface area contributed by atoms with Crippen molar-refractivity contribution in [3.63, 3.8) is 0 Å². The Morgan fingerprint density at radius 3 is 2.81 bits per heavy atom. The lowest BCUT2D eigenvalue weighted by Crippen LogP contribution is -2.39. The molecule has 9 heteroatoms. The van der Waals surface area contributed by atoms with Crippen LogP contribution >= 0.6 is 23.3 Å². The van der Waals surface area contributed by atoms with Crippen molar-refractivity contribution < 1.29 is 0 Å². The molecule has 0 fully saturated rings. The molecule has 0 amide bonds. The summed E-state index contributed by atoms with van der Waals surface area (Å²) in [6.45, 7) is 1.98. The zero-order chi connectivity index (χ0) is 18.8. The number of nitrogens with zero attached hydrogens (tertiary/aromatic N) is 5. The Hall–Kier alpha value is -3.09. The predicted molar refractivity (Wildman–Crippen MR) is 110 cm³/mol. The van der Waals surface area contributed by atoms with E-state index in [1.165, 1.54) is 6.33 Å². The number of benzene rings is 1. The van der Waals surface area contributed by atoms with Gasteiger partial charge < -0.3 is 11.1 Å². The number of nitrogen functional groups attached to an aromatic ring is 1. The third kappa shape index (κ3) is 3.32. The number of nitriles is 1. The fraction of sp³-hybridized carbons (Fsp3) is 0.111. The van der Waals surface area contributed by atoms with Crippen LogP contribution in [-0.2, 0) is 0 Å². The molecule has 7 nitrogen and oxygen atoms in total. The number of nitrogens with one attached hydrogen (secondary N) is 1. The van der Waals surface area contributed by atoms with E-state index in [0.29, 0.717) is 5.82 Å². The van der Waals surface area contributed by atoms with Crippen LogP contribution < -0.4 is 15.4 Å². The number of nitrogens with two attached hydrogens (primary N) is 1. The minimum Gasteiger partial charge on any atom is -0.382 e. The molecule has 134 valence electrons. The highest BCUT2D eigenvalue weighted by Crippen LogP contribution is 2.43. The smallest absolute Gasteiger partial charge is 0.150 e. The van der Waals surface area contributed by atoms with Crippen molar-refractivity contribution in [3.8, 4) is 6.07 Å². The number of amidine groups is 1. The van der Waals surface area contributed by atoms with Crippen LogP contribution in [0.1, 0.15) is 12.5 Å². The van der Waals surface area contributed by atoms with Gasteiger partial charge in [0.1, 0.15) is 40.4 Å². The van der Waals surface area contributed by atoms with Gasteiger partial charge in [-0.15, -0.1) is 11.3 Å². The van der Waals surface area contributed by atoms with E-state index in [2.05, 4.69) is 31.7 Å². The first-order valence-corrected chi connectivity index (χ1v) is 9.79. The Balaban J connectivity index is 1.71. The highest BCUT2D eigenvalue weighted by atomic mass is 32.2. The molecule has 0 radical (unpaired) electrons. The normalized spacial score (nSPS) is 14.1. The summed E-state index contributed by atoms with van der Waals surface area (Å²) in [5.41, 5.74) is 7.05. The van der Waals surface area contributed by atoms with Crippen LogP contribution in [0.5, 0.6) is 0 Å². The van der Waals surface area contributed by atoms with Crippen LogP contribution in [0.2, 0.25) is 0 Å². The zero-order valence-electron chi connectivity index (χ0n) is 14.3. The Kier molecular flexibility index (Phi) is 4.66. The Bertz CT molecular complexity index is 1040. The Morgan fingerprint density at radius 1 is 1.22 bits per heavy atom. The van der Waals surface area contributed by atoms with Crippen molar-refractivity contribution >= 4 is 51.4 Å². The van der Waals surface area contributed by atoms with E-state index < -0.39 is 0 Å². The first kappa shape index (κ1) is 17.3. The largest absolute Gasteiger partial charge is 0.382 e. The molecule has 0 saturated heterocycles. The van der Waals surface area contributed by atoms with Crippen molar-refractivity contribution in [2.45, 2.75) is 17.9 Å². The van der Waals surface area contributed by atoms with E-state index in [-0.39, 0.29) is 17.4 Å². The number of hydrogen-bond donors (Lipinski definition) is 2. The van der Waals surface area contributed by atoms with Crippen molar-refractivity contribution in [3.05, 3.63) is 53.7 Å². The molecule has 4 rings (SSSR count). The number of para-hydroxylation sites is 1. The number of anilines is 3. The van der Waals surface area contributed by atoms with Crippen LogP contribution in [0.15, 0.2) is 58.0 Å². The second-order valence-corrected chi connectivity index (χ2v) is 7.62. The van der Waals surface area contributed by atoms with Crippen molar-refractivity contribution in [2.75, 3.05) is 15.4 Å². The average molecular weight is 394 g/mol. The SMILES string of the molecule is C[C@H](Nc1ncnc(N)c1C#N)C1=Nc2sccc2SN1c1ccccc1. The topological polar surface area (TPSA) is 103 Å². The maximum absolute atomic E-state index is 9.36. The maximum atomic E-state index is 9.36. The highest BCUT2D eigenvalue weighted by molar-refractivity contribution is 8.01. The molecule has 0 aliphatic carbocycles. The molecule has 3 aromatic rings. The summed E-state index contributed by atoms with van der Waals surface area (Å²) in [4.78, 5) is 14.0. The van der Waals surface area contributed by atoms with Gasteiger partial charge in [0, 0.05) is 0 Å². The number of thiophene rings is 1. The van der Waals surface area contributed by atoms with Crippen molar-refractivity contribution in [1.82, 2.24) is 9.97 Å². The van der Waals surface area contributed by atoms with Gasteiger partial charge in [-0.1, -0.05) is 18.2 Å². The zero-order valence-corrected chi connectivity index (χ0v) is 16.0. The Labute approximate surface area is 164 Å². The molecule has 2 aromatic heterocycles. The van der Waals surface area contributed by atoms with Gasteiger partial charge in [0.05, 0.1) is 16.6 Å². The predicted octanol–water partition coefficient (Wildman–Crippen LogP) is 4.05. The van der Waals surface area contributed by atoms with E-state index in [1.54, 1.807) is 23.3 Å². The lowest BCUT2D eigenvalue weighted by Gasteiger charge is -2.31. The molecule has 0 unspecified atom stereocenters. The summed E-state index contributed by atoms with van der Waals surface area (Å²) < 4.78 is 2.09. The molecule has 3 heterocycles. The molecular weight excluding hydrogens is 378 g/mol. The molecule has 0 saturated carbocycles. The number of hydrogen-bond acceptors (Lipinski definition) is 9. The first-order chi connectivity index (χ1) is 13.2. The maximum Gasteiger partial charge on any atom is 0.150 e. The molecular formula is C18H15N7S2. The molecule has 1 aliphatic heterocycles. The van der Waals surface area contributed by atoms with Gasteiger partial charge in [0.2, 0.25) is 0 Å². The van der Waals surface area contributed by atoms with E-state index in [0.717, 1.165) is 21.4 Å². The molecule has 27 heavy (non-hydrogen) atoms. The molecule has 1 atom stereocenters. The molecule has 1 aliphatic rings. The first-order valence-electron chi connectivity index (χ1n) is 8.13. The van der Waals surface area contributed by atoms with E-state index in [9.17, 15) is 5.26 Å². The summed E-state index contributed by atoms with van der Waals surface area (Å²) in [6, 6.07) is 14.0. The van der Waals surface area contributed by atoms with Crippen LogP contribution in [-0.4, -0.2) is 21.8 Å². The van der Waals surface area contributed by atoms with Crippen LogP contribution in [0.4, 0.5) is 22.3 Å². The van der Waals surface area contributed by atoms with Crippen molar-refractivity contribution in [2.24, 2.45) is 4.99 Å². The fourth-order valence-corrected chi connectivity index (χ4v) is 4.62. The standard InChI is InChI=1S/C18H15N7S2/c1-11(23-16-13(9-19)15(20)21-10-22-16)17-24-18-14(7-8-26-18)27-25(17)12-5-3-2-4-6-12/h2-8,10-11H,1H3,(H3,20,21,22,23)/t11-/m0/s1. The minimum absolute atomic E-state index is 0.155. The van der Waals surface area contributed by atoms with Gasteiger partial charge in [-0.05, 0) is 42.5 Å². The van der Waals surface area contributed by atoms with Gasteiger partial charge in [0.25, 0.3) is 0 Å². The third-order valence-corrected chi connectivity index (χ3v) is 5.99. The van der Waals surface area contributed by atoms with Gasteiger partial charge in [0.15, 0.2) is 0 Å². The average Bonchev–Trinajstić information content (AvgIpc) is 3.15. The monoisotopic (exact) mass is 393 g/mol. The van der Waals surface area contributed by atoms with Crippen LogP contribution in [0.25, 0.3) is 0 Å². The number of aromatic nitrogens is 2. The quantitative estimate of drug-likeness (QED) is 0.645. The molecule has 0 bridgehead atoms. The fourth-order valence-electron chi connectivity index (χ4n) is 2.64. The number of aliphatic imine (C=N–C) groups is 1. The summed E-state index contributed by atoms with van der Waals surface area (Å²) in [5.74, 6) is 1.38. The van der Waals surface area contributed by atoms with E-state index in [1.807, 2.05) is 42.6 Å². The van der Waals surface area contributed by atoms with Gasteiger partial charge >= 0.3 is 0 Å². The van der Waals surface area contributed by atoms with Gasteiger partial charge in [-0.3, -0.25) is 4.31 Å². The third-order valence-electron chi connectivity index (χ3n) is 3.94. The number of fused-ring (bicyclic) bond motifs is 1. The van der Waals surface area contributed by atoms with Crippen LogP contribution in [0, 0.1) is 11.3 Å². The summed E-state index contributed by atoms with van der Waals surface area (Å²) >= 11 is 3.23. The second kappa shape index (κ2) is 7.26. The van der Waals surface area contributed by atoms with Crippen LogP contribution in [0.3, 0.4) is 0 Å². The van der Waals surface area contributed by atoms with E-state index in [4.69, 9.17) is 10.7 Å². The lowest BCUT2D eigenvalue weighted by atomic mass is 10.2. The van der Waals surface area contributed by atoms with Crippen molar-refractivity contribution in [1.29, 1.82) is 5.26 Å². The van der Waals surface area contributed by atoms with E-state index >= 15 is 0 Å². The molecule has 1 aromatic carbocycles. The highest BCUT2D eigenvalue weighted by Gasteiger charge is 2.28. The lowest BCUT2D eigenvalue weighted by molar-refractivity contribution is 0.995. The summed E-state index contributed by atoms with van der Waals surface area (Å²) in [6.07, 6.45) is 1.34. The minimum atomic E-state index is -0.214. The summed E-state index contributed by atoms with van der Waals surface area (Å²) in [7, 11) is 0. The Morgan fingerprint density at radius 2 is 2.04 bits per heavy atom. The summed E-state index contributed by atoms with van der Waals surface area (Å²) in [5, 5.41) is 15.6. The van der Waals surface area contributed by atoms with Gasteiger partial charge in [-0.25, -0.2) is 15.0 Å². The number of rotatable bonds is 4.